The number of aromatic nitrogens is 3. The molecule has 4 nitrogen and oxygen atoms in total. The van der Waals surface area contributed by atoms with Gasteiger partial charge in [0.15, 0.2) is 0 Å². The van der Waals surface area contributed by atoms with E-state index in [4.69, 9.17) is 0 Å². The van der Waals surface area contributed by atoms with Gasteiger partial charge in [-0.15, -0.1) is 0 Å². The first-order valence-electron chi connectivity index (χ1n) is 5.78. The molecule has 1 atom stereocenters. The summed E-state index contributed by atoms with van der Waals surface area (Å²) in [7, 11) is 3.94. The predicted molar refractivity (Wildman–Crippen MR) is 67.7 cm³/mol. The molecule has 0 aromatic carbocycles. The number of likely N-dealkylation sites (N-methyl/N-ethyl adjacent to an activating group) is 1. The molecule has 0 fully saturated rings. The third kappa shape index (κ3) is 2.53. The van der Waals surface area contributed by atoms with E-state index >= 15 is 0 Å². The summed E-state index contributed by atoms with van der Waals surface area (Å²) in [5, 5.41) is 7.61. The predicted octanol–water partition coefficient (Wildman–Crippen LogP) is 1.63. The maximum atomic E-state index is 4.36. The van der Waals surface area contributed by atoms with E-state index in [0.717, 1.165) is 12.1 Å². The van der Waals surface area contributed by atoms with Crippen molar-refractivity contribution in [2.75, 3.05) is 7.05 Å². The maximum Gasteiger partial charge on any atom is 0.0540 e. The first kappa shape index (κ1) is 11.8. The van der Waals surface area contributed by atoms with Gasteiger partial charge in [-0.3, -0.25) is 9.67 Å². The van der Waals surface area contributed by atoms with Crippen LogP contribution in [0.5, 0.6) is 0 Å². The van der Waals surface area contributed by atoms with Crippen LogP contribution in [0.3, 0.4) is 0 Å². The zero-order chi connectivity index (χ0) is 12.3. The topological polar surface area (TPSA) is 42.7 Å². The Balaban J connectivity index is 2.20. The van der Waals surface area contributed by atoms with Gasteiger partial charge in [-0.2, -0.15) is 5.10 Å². The molecule has 2 rings (SSSR count). The van der Waals surface area contributed by atoms with Crippen LogP contribution in [0.25, 0.3) is 0 Å². The van der Waals surface area contributed by atoms with Crippen molar-refractivity contribution in [3.8, 4) is 0 Å². The maximum absolute atomic E-state index is 4.36. The lowest BCUT2D eigenvalue weighted by molar-refractivity contribution is 0.579. The average Bonchev–Trinajstić information content (AvgIpc) is 2.69. The Hall–Kier alpha value is -1.68. The Morgan fingerprint density at radius 2 is 2.24 bits per heavy atom. The van der Waals surface area contributed by atoms with Crippen molar-refractivity contribution in [3.05, 3.63) is 47.5 Å². The quantitative estimate of drug-likeness (QED) is 0.868. The molecule has 2 aromatic rings. The number of nitrogens with one attached hydrogen (secondary N) is 1. The molecule has 0 saturated carbocycles. The first-order chi connectivity index (χ1) is 8.22. The molecular weight excluding hydrogens is 212 g/mol. The van der Waals surface area contributed by atoms with Crippen LogP contribution in [-0.2, 0) is 13.5 Å². The minimum Gasteiger partial charge on any atom is -0.313 e. The van der Waals surface area contributed by atoms with E-state index in [1.165, 1.54) is 11.3 Å². The van der Waals surface area contributed by atoms with Crippen molar-refractivity contribution in [3.63, 3.8) is 0 Å². The zero-order valence-corrected chi connectivity index (χ0v) is 10.5. The summed E-state index contributed by atoms with van der Waals surface area (Å²) in [6, 6.07) is 6.27. The third-order valence-electron chi connectivity index (χ3n) is 3.14. The molecule has 0 radical (unpaired) electrons. The van der Waals surface area contributed by atoms with Crippen molar-refractivity contribution in [1.82, 2.24) is 20.1 Å². The zero-order valence-electron chi connectivity index (χ0n) is 10.5. The largest absolute Gasteiger partial charge is 0.313 e. The molecule has 0 saturated heterocycles. The van der Waals surface area contributed by atoms with Gasteiger partial charge in [0.2, 0.25) is 0 Å². The van der Waals surface area contributed by atoms with Gasteiger partial charge in [0.25, 0.3) is 0 Å². The minimum absolute atomic E-state index is 0.263. The van der Waals surface area contributed by atoms with E-state index in [0.29, 0.717) is 0 Å². The fraction of sp³-hybridized carbons (Fsp3) is 0.385. The van der Waals surface area contributed by atoms with Gasteiger partial charge in [-0.1, -0.05) is 6.07 Å². The van der Waals surface area contributed by atoms with Gasteiger partial charge in [0, 0.05) is 42.7 Å². The van der Waals surface area contributed by atoms with Crippen LogP contribution in [-0.4, -0.2) is 21.8 Å². The summed E-state index contributed by atoms with van der Waals surface area (Å²) in [6.45, 7) is 2.09. The second-order valence-electron chi connectivity index (χ2n) is 4.18. The molecule has 0 aliphatic carbocycles. The van der Waals surface area contributed by atoms with Crippen molar-refractivity contribution < 1.29 is 0 Å². The van der Waals surface area contributed by atoms with E-state index in [1.54, 1.807) is 0 Å². The van der Waals surface area contributed by atoms with Crippen LogP contribution in [0, 0.1) is 6.92 Å². The van der Waals surface area contributed by atoms with Crippen molar-refractivity contribution in [1.29, 1.82) is 0 Å². The molecule has 1 N–H and O–H groups in total. The van der Waals surface area contributed by atoms with E-state index in [2.05, 4.69) is 28.4 Å². The highest BCUT2D eigenvalue weighted by Crippen LogP contribution is 2.19. The van der Waals surface area contributed by atoms with Crippen LogP contribution in [0.15, 0.2) is 30.6 Å². The molecule has 2 heterocycles. The highest BCUT2D eigenvalue weighted by Gasteiger charge is 2.15. The second kappa shape index (κ2) is 5.10. The Bertz CT molecular complexity index is 475. The molecule has 0 aliphatic heterocycles. The summed E-state index contributed by atoms with van der Waals surface area (Å²) in [4.78, 5) is 4.36. The van der Waals surface area contributed by atoms with Crippen LogP contribution >= 0.6 is 0 Å². The van der Waals surface area contributed by atoms with Gasteiger partial charge in [-0.25, -0.2) is 0 Å². The highest BCUT2D eigenvalue weighted by molar-refractivity contribution is 5.22. The monoisotopic (exact) mass is 230 g/mol. The van der Waals surface area contributed by atoms with E-state index in [1.807, 2.05) is 43.3 Å². The van der Waals surface area contributed by atoms with Crippen LogP contribution in [0.2, 0.25) is 0 Å². The summed E-state index contributed by atoms with van der Waals surface area (Å²) in [5.41, 5.74) is 3.52. The Kier molecular flexibility index (Phi) is 3.54. The van der Waals surface area contributed by atoms with Gasteiger partial charge in [0.1, 0.15) is 0 Å². The second-order valence-corrected chi connectivity index (χ2v) is 4.18. The third-order valence-corrected chi connectivity index (χ3v) is 3.14. The van der Waals surface area contributed by atoms with Gasteiger partial charge in [0.05, 0.1) is 6.20 Å². The number of rotatable bonds is 4. The lowest BCUT2D eigenvalue weighted by Gasteiger charge is -2.15. The number of aryl methyl sites for hydroxylation is 1. The number of hydrogen-bond acceptors (Lipinski definition) is 3. The lowest BCUT2D eigenvalue weighted by Crippen LogP contribution is -2.20. The molecule has 90 valence electrons. The molecule has 0 bridgehead atoms. The molecule has 1 unspecified atom stereocenters. The standard InChI is InChI=1S/C13H18N4/c1-10-12(9-16-17(10)3)13(14-2)8-11-6-4-5-7-15-11/h4-7,9,13-14H,8H2,1-3H3. The summed E-state index contributed by atoms with van der Waals surface area (Å²) in [5.74, 6) is 0. The molecule has 4 heteroatoms. The first-order valence-corrected chi connectivity index (χ1v) is 5.78. The average molecular weight is 230 g/mol. The smallest absolute Gasteiger partial charge is 0.0540 e. The van der Waals surface area contributed by atoms with Crippen molar-refractivity contribution >= 4 is 0 Å². The van der Waals surface area contributed by atoms with Gasteiger partial charge < -0.3 is 5.32 Å². The van der Waals surface area contributed by atoms with E-state index < -0.39 is 0 Å². The van der Waals surface area contributed by atoms with Crippen LogP contribution in [0.1, 0.15) is 23.0 Å². The van der Waals surface area contributed by atoms with Gasteiger partial charge >= 0.3 is 0 Å². The van der Waals surface area contributed by atoms with Crippen molar-refractivity contribution in [2.24, 2.45) is 7.05 Å². The molecule has 2 aromatic heterocycles. The summed E-state index contributed by atoms with van der Waals surface area (Å²) < 4.78 is 1.90. The number of nitrogens with zero attached hydrogens (tertiary/aromatic N) is 3. The highest BCUT2D eigenvalue weighted by atomic mass is 15.3. The van der Waals surface area contributed by atoms with E-state index in [-0.39, 0.29) is 6.04 Å². The fourth-order valence-electron chi connectivity index (χ4n) is 1.95. The SMILES string of the molecule is CNC(Cc1ccccn1)c1cnn(C)c1C. The Morgan fingerprint density at radius 1 is 1.41 bits per heavy atom. The lowest BCUT2D eigenvalue weighted by atomic mass is 10.0. The molecular formula is C13H18N4. The molecule has 17 heavy (non-hydrogen) atoms. The number of hydrogen-bond donors (Lipinski definition) is 1. The molecule has 0 spiro atoms. The van der Waals surface area contributed by atoms with Crippen LogP contribution < -0.4 is 5.32 Å². The fourth-order valence-corrected chi connectivity index (χ4v) is 1.95. The Labute approximate surface area is 102 Å². The minimum atomic E-state index is 0.263. The van der Waals surface area contributed by atoms with E-state index in [9.17, 15) is 0 Å². The Morgan fingerprint density at radius 3 is 2.76 bits per heavy atom. The summed E-state index contributed by atoms with van der Waals surface area (Å²) in [6.07, 6.45) is 4.64. The molecule has 0 amide bonds. The van der Waals surface area contributed by atoms with Gasteiger partial charge in [-0.05, 0) is 26.1 Å². The van der Waals surface area contributed by atoms with Crippen LogP contribution in [0.4, 0.5) is 0 Å². The van der Waals surface area contributed by atoms with Crippen molar-refractivity contribution in [2.45, 2.75) is 19.4 Å². The molecule has 0 aliphatic rings. The normalized spacial score (nSPS) is 12.6. The summed E-state index contributed by atoms with van der Waals surface area (Å²) >= 11 is 0. The number of pyridine rings is 1.